The minimum absolute atomic E-state index is 0.0625. The smallest absolute Gasteiger partial charge is 0.264 e. The van der Waals surface area contributed by atoms with Gasteiger partial charge in [-0.1, -0.05) is 0 Å². The minimum Gasteiger partial charge on any atom is -0.376 e. The van der Waals surface area contributed by atoms with Crippen LogP contribution in [0.4, 0.5) is 0 Å². The molecule has 4 aromatic heterocycles. The van der Waals surface area contributed by atoms with Crippen LogP contribution >= 0.6 is 0 Å². The molecule has 5 heterocycles. The van der Waals surface area contributed by atoms with Gasteiger partial charge in [-0.3, -0.25) is 19.1 Å². The van der Waals surface area contributed by atoms with Crippen molar-refractivity contribution in [3.8, 4) is 5.69 Å². The molecular weight excluding hydrogens is 356 g/mol. The second kappa shape index (κ2) is 6.69. The number of aromatic nitrogens is 4. The predicted octanol–water partition coefficient (Wildman–Crippen LogP) is 2.27. The Morgan fingerprint density at radius 1 is 1.00 bits per heavy atom. The molecule has 1 fully saturated rings. The number of ether oxygens (including phenoxy) is 1. The van der Waals surface area contributed by atoms with Gasteiger partial charge in [0.2, 0.25) is 0 Å². The molecule has 0 unspecified atom stereocenters. The van der Waals surface area contributed by atoms with Gasteiger partial charge in [0, 0.05) is 31.4 Å². The van der Waals surface area contributed by atoms with Crippen molar-refractivity contribution in [3.05, 3.63) is 75.8 Å². The van der Waals surface area contributed by atoms with Crippen LogP contribution in [0.1, 0.15) is 12.8 Å². The quantitative estimate of drug-likeness (QED) is 0.514. The summed E-state index contributed by atoms with van der Waals surface area (Å²) in [5.74, 6) is 0. The summed E-state index contributed by atoms with van der Waals surface area (Å²) in [6, 6.07) is 8.78. The summed E-state index contributed by atoms with van der Waals surface area (Å²) in [7, 11) is 0. The lowest BCUT2D eigenvalue weighted by molar-refractivity contribution is 0.0963. The molecule has 7 nitrogen and oxygen atoms in total. The van der Waals surface area contributed by atoms with Crippen LogP contribution in [0.5, 0.6) is 0 Å². The Balaban J connectivity index is 1.68. The van der Waals surface area contributed by atoms with E-state index in [0.29, 0.717) is 34.0 Å². The second-order valence-electron chi connectivity index (χ2n) is 6.96. The lowest BCUT2D eigenvalue weighted by Crippen LogP contribution is -2.26. The first-order chi connectivity index (χ1) is 13.7. The fourth-order valence-electron chi connectivity index (χ4n) is 3.72. The standard InChI is InChI=1S/C21H18N4O3/c26-20-16-12-17-19(6-10-25(21(17)27)14-3-7-22-8-4-14)23-18(16)5-9-24(20)13-15-2-1-11-28-15/h3-10,12,15H,1-2,11,13H2/t15-/m0/s1. The van der Waals surface area contributed by atoms with Crippen molar-refractivity contribution in [3.63, 3.8) is 0 Å². The molecule has 140 valence electrons. The van der Waals surface area contributed by atoms with Crippen molar-refractivity contribution in [2.75, 3.05) is 6.61 Å². The van der Waals surface area contributed by atoms with E-state index < -0.39 is 0 Å². The van der Waals surface area contributed by atoms with Crippen LogP contribution < -0.4 is 11.1 Å². The van der Waals surface area contributed by atoms with E-state index in [1.807, 2.05) is 6.07 Å². The van der Waals surface area contributed by atoms with Gasteiger partial charge in [0.15, 0.2) is 0 Å². The zero-order valence-electron chi connectivity index (χ0n) is 15.1. The van der Waals surface area contributed by atoms with Crippen molar-refractivity contribution in [1.29, 1.82) is 0 Å². The first-order valence-corrected chi connectivity index (χ1v) is 9.28. The van der Waals surface area contributed by atoms with E-state index in [1.165, 1.54) is 4.57 Å². The molecule has 0 amide bonds. The van der Waals surface area contributed by atoms with E-state index in [-0.39, 0.29) is 17.2 Å². The fraction of sp³-hybridized carbons (Fsp3) is 0.238. The third-order valence-corrected chi connectivity index (χ3v) is 5.18. The molecule has 0 spiro atoms. The summed E-state index contributed by atoms with van der Waals surface area (Å²) in [6.45, 7) is 1.26. The van der Waals surface area contributed by atoms with Crippen LogP contribution in [0, 0.1) is 0 Å². The molecule has 1 aliphatic heterocycles. The zero-order chi connectivity index (χ0) is 19.1. The van der Waals surface area contributed by atoms with Crippen molar-refractivity contribution in [1.82, 2.24) is 19.1 Å². The molecule has 5 rings (SSSR count). The molecule has 0 bridgehead atoms. The van der Waals surface area contributed by atoms with Gasteiger partial charge >= 0.3 is 0 Å². The van der Waals surface area contributed by atoms with Crippen molar-refractivity contribution in [2.45, 2.75) is 25.5 Å². The van der Waals surface area contributed by atoms with Crippen molar-refractivity contribution >= 4 is 21.8 Å². The highest BCUT2D eigenvalue weighted by Crippen LogP contribution is 2.17. The van der Waals surface area contributed by atoms with Crippen LogP contribution in [0.3, 0.4) is 0 Å². The number of hydrogen-bond acceptors (Lipinski definition) is 5. The number of fused-ring (bicyclic) bond motifs is 2. The van der Waals surface area contributed by atoms with E-state index in [2.05, 4.69) is 9.97 Å². The SMILES string of the molecule is O=c1c2cc3c(=O)n(-c4ccncc4)ccc3nc2ccn1C[C@@H]1CCCO1. The van der Waals surface area contributed by atoms with Gasteiger partial charge in [-0.25, -0.2) is 4.98 Å². The zero-order valence-corrected chi connectivity index (χ0v) is 15.1. The maximum atomic E-state index is 13.0. The highest BCUT2D eigenvalue weighted by molar-refractivity contribution is 5.91. The summed E-state index contributed by atoms with van der Waals surface area (Å²) in [4.78, 5) is 34.5. The number of rotatable bonds is 3. The third kappa shape index (κ3) is 2.80. The molecule has 28 heavy (non-hydrogen) atoms. The molecule has 1 aliphatic rings. The molecule has 0 N–H and O–H groups in total. The molecule has 0 aliphatic carbocycles. The Morgan fingerprint density at radius 3 is 2.50 bits per heavy atom. The molecule has 0 saturated carbocycles. The van der Waals surface area contributed by atoms with Crippen molar-refractivity contribution < 1.29 is 4.74 Å². The largest absolute Gasteiger partial charge is 0.376 e. The summed E-state index contributed by atoms with van der Waals surface area (Å²) < 4.78 is 8.83. The summed E-state index contributed by atoms with van der Waals surface area (Å²) in [5.41, 5.74) is 1.50. The Hall–Kier alpha value is -3.32. The molecule has 7 heteroatoms. The predicted molar refractivity (Wildman–Crippen MR) is 106 cm³/mol. The van der Waals surface area contributed by atoms with E-state index in [0.717, 1.165) is 19.4 Å². The second-order valence-corrected chi connectivity index (χ2v) is 6.96. The maximum absolute atomic E-state index is 13.0. The molecule has 0 aromatic carbocycles. The van der Waals surface area contributed by atoms with Crippen LogP contribution in [-0.4, -0.2) is 31.8 Å². The highest BCUT2D eigenvalue weighted by Gasteiger charge is 2.17. The molecule has 4 aromatic rings. The maximum Gasteiger partial charge on any atom is 0.264 e. The van der Waals surface area contributed by atoms with Gasteiger partial charge in [0.1, 0.15) is 0 Å². The Bertz CT molecular complexity index is 1290. The van der Waals surface area contributed by atoms with E-state index >= 15 is 0 Å². The van der Waals surface area contributed by atoms with E-state index in [9.17, 15) is 9.59 Å². The normalized spacial score (nSPS) is 16.8. The minimum atomic E-state index is -0.216. The first kappa shape index (κ1) is 16.8. The van der Waals surface area contributed by atoms with Gasteiger partial charge in [0.05, 0.1) is 40.1 Å². The number of nitrogens with zero attached hydrogens (tertiary/aromatic N) is 4. The summed E-state index contributed by atoms with van der Waals surface area (Å²) in [6.07, 6.45) is 8.75. The van der Waals surface area contributed by atoms with E-state index in [4.69, 9.17) is 4.74 Å². The summed E-state index contributed by atoms with van der Waals surface area (Å²) in [5, 5.41) is 0.858. The van der Waals surface area contributed by atoms with Crippen LogP contribution in [0.2, 0.25) is 0 Å². The van der Waals surface area contributed by atoms with Crippen LogP contribution in [0.15, 0.2) is 64.7 Å². The molecular formula is C21H18N4O3. The van der Waals surface area contributed by atoms with Gasteiger partial charge in [-0.15, -0.1) is 0 Å². The topological polar surface area (TPSA) is 79.0 Å². The number of hydrogen-bond donors (Lipinski definition) is 0. The third-order valence-electron chi connectivity index (χ3n) is 5.18. The summed E-state index contributed by atoms with van der Waals surface area (Å²) >= 11 is 0. The first-order valence-electron chi connectivity index (χ1n) is 9.28. The monoisotopic (exact) mass is 374 g/mol. The Kier molecular flexibility index (Phi) is 4.02. The van der Waals surface area contributed by atoms with Crippen LogP contribution in [-0.2, 0) is 11.3 Å². The Labute approximate surface area is 159 Å². The molecule has 1 saturated heterocycles. The van der Waals surface area contributed by atoms with Gasteiger partial charge < -0.3 is 9.30 Å². The molecule has 1 atom stereocenters. The van der Waals surface area contributed by atoms with Crippen LogP contribution in [0.25, 0.3) is 27.5 Å². The van der Waals surface area contributed by atoms with Gasteiger partial charge in [0.25, 0.3) is 11.1 Å². The lowest BCUT2D eigenvalue weighted by atomic mass is 10.1. The lowest BCUT2D eigenvalue weighted by Gasteiger charge is -2.12. The van der Waals surface area contributed by atoms with Gasteiger partial charge in [-0.2, -0.15) is 0 Å². The van der Waals surface area contributed by atoms with E-state index in [1.54, 1.807) is 53.6 Å². The average Bonchev–Trinajstić information content (AvgIpc) is 3.24. The number of pyridine rings is 4. The van der Waals surface area contributed by atoms with Gasteiger partial charge in [-0.05, 0) is 43.2 Å². The highest BCUT2D eigenvalue weighted by atomic mass is 16.5. The fourth-order valence-corrected chi connectivity index (χ4v) is 3.72. The Morgan fingerprint density at radius 2 is 1.75 bits per heavy atom. The van der Waals surface area contributed by atoms with Crippen molar-refractivity contribution in [2.24, 2.45) is 0 Å². The average molecular weight is 374 g/mol. The molecule has 0 radical (unpaired) electrons.